The Morgan fingerprint density at radius 3 is 1.84 bits per heavy atom. The first kappa shape index (κ1) is 15.1. The van der Waals surface area contributed by atoms with Gasteiger partial charge in [-0.05, 0) is 23.8 Å². The molecule has 2 nitrogen and oxygen atoms in total. The largest absolute Gasteiger partial charge is 0.872 e. The van der Waals surface area contributed by atoms with Crippen molar-refractivity contribution in [2.45, 2.75) is 12.4 Å². The number of halogens is 6. The smallest absolute Gasteiger partial charge is 0.454 e. The van der Waals surface area contributed by atoms with E-state index in [1.807, 2.05) is 0 Å². The number of hydrogen-bond donors (Lipinski definition) is 0. The summed E-state index contributed by atoms with van der Waals surface area (Å²) in [5.41, 5.74) is -1.49. The molecule has 8 heteroatoms. The fourth-order valence-electron chi connectivity index (χ4n) is 1.11. The number of carbonyl (C=O) groups excluding carboxylic acids is 1. The minimum absolute atomic E-state index is 0.206. The molecule has 0 N–H and O–H groups in total. The van der Waals surface area contributed by atoms with E-state index >= 15 is 0 Å². The molecule has 0 amide bonds. The van der Waals surface area contributed by atoms with Gasteiger partial charge in [0.25, 0.3) is 5.78 Å². The van der Waals surface area contributed by atoms with E-state index in [2.05, 4.69) is 0 Å². The summed E-state index contributed by atoms with van der Waals surface area (Å²) in [6.07, 6.45) is -10.0. The number of ketones is 1. The summed E-state index contributed by atoms with van der Waals surface area (Å²) in [5.74, 6) is -3.67. The molecule has 104 valence electrons. The van der Waals surface area contributed by atoms with Crippen molar-refractivity contribution in [1.29, 1.82) is 0 Å². The van der Waals surface area contributed by atoms with Crippen molar-refractivity contribution in [3.8, 4) is 0 Å². The zero-order valence-corrected chi connectivity index (χ0v) is 8.97. The Morgan fingerprint density at radius 2 is 1.47 bits per heavy atom. The predicted molar refractivity (Wildman–Crippen MR) is 50.5 cm³/mol. The highest BCUT2D eigenvalue weighted by atomic mass is 19.4. The molecule has 0 bridgehead atoms. The standard InChI is InChI=1S/C11H6F6O2/c12-10(13,14)7-3-1-6(2-4-7)8(18)5-9(19)11(15,16)17/h1-5,18H/p-1/b8-5-. The topological polar surface area (TPSA) is 40.1 Å². The monoisotopic (exact) mass is 283 g/mol. The summed E-state index contributed by atoms with van der Waals surface area (Å²) in [6, 6.07) is 2.48. The molecule has 19 heavy (non-hydrogen) atoms. The number of hydrogen-bond acceptors (Lipinski definition) is 2. The molecule has 0 heterocycles. The quantitative estimate of drug-likeness (QED) is 0.475. The van der Waals surface area contributed by atoms with Crippen LogP contribution in [0.2, 0.25) is 0 Å². The fourth-order valence-corrected chi connectivity index (χ4v) is 1.11. The summed E-state index contributed by atoms with van der Waals surface area (Å²) >= 11 is 0. The van der Waals surface area contributed by atoms with Crippen LogP contribution in [0.5, 0.6) is 0 Å². The zero-order chi connectivity index (χ0) is 14.8. The van der Waals surface area contributed by atoms with E-state index in [-0.39, 0.29) is 6.08 Å². The van der Waals surface area contributed by atoms with Crippen LogP contribution in [0.15, 0.2) is 30.3 Å². The Hall–Kier alpha value is -1.99. The van der Waals surface area contributed by atoms with Crippen molar-refractivity contribution in [2.75, 3.05) is 0 Å². The van der Waals surface area contributed by atoms with Crippen molar-refractivity contribution in [3.63, 3.8) is 0 Å². The van der Waals surface area contributed by atoms with Crippen LogP contribution in [0.25, 0.3) is 5.76 Å². The molecule has 0 aliphatic rings. The van der Waals surface area contributed by atoms with Crippen molar-refractivity contribution in [3.05, 3.63) is 41.5 Å². The molecule has 0 saturated carbocycles. The van der Waals surface area contributed by atoms with Crippen LogP contribution in [-0.4, -0.2) is 12.0 Å². The van der Waals surface area contributed by atoms with Crippen LogP contribution in [-0.2, 0) is 11.0 Å². The molecule has 0 unspecified atom stereocenters. The van der Waals surface area contributed by atoms with Gasteiger partial charge >= 0.3 is 12.4 Å². The van der Waals surface area contributed by atoms with Crippen molar-refractivity contribution < 1.29 is 36.2 Å². The molecule has 0 fully saturated rings. The average Bonchev–Trinajstić information content (AvgIpc) is 2.26. The maximum atomic E-state index is 12.2. The molecule has 0 aliphatic heterocycles. The van der Waals surface area contributed by atoms with Gasteiger partial charge < -0.3 is 5.11 Å². The minimum Gasteiger partial charge on any atom is -0.872 e. The third kappa shape index (κ3) is 4.01. The number of allylic oxidation sites excluding steroid dienone is 1. The Kier molecular flexibility index (Phi) is 3.92. The third-order valence-corrected chi connectivity index (χ3v) is 2.04. The Labute approximate surface area is 103 Å². The van der Waals surface area contributed by atoms with E-state index < -0.39 is 35.0 Å². The lowest BCUT2D eigenvalue weighted by atomic mass is 10.1. The Morgan fingerprint density at radius 1 is 1.00 bits per heavy atom. The first-order chi connectivity index (χ1) is 8.51. The maximum Gasteiger partial charge on any atom is 0.454 e. The van der Waals surface area contributed by atoms with E-state index in [0.717, 1.165) is 0 Å². The second-order valence-corrected chi connectivity index (χ2v) is 3.45. The van der Waals surface area contributed by atoms with Crippen LogP contribution >= 0.6 is 0 Å². The molecule has 1 aromatic carbocycles. The molecular weight excluding hydrogens is 278 g/mol. The van der Waals surface area contributed by atoms with E-state index in [4.69, 9.17) is 0 Å². The molecule has 0 atom stereocenters. The molecule has 0 aromatic heterocycles. The number of rotatable bonds is 2. The number of benzene rings is 1. The second-order valence-electron chi connectivity index (χ2n) is 3.45. The number of carbonyl (C=O) groups is 1. The van der Waals surface area contributed by atoms with E-state index in [0.29, 0.717) is 24.3 Å². The molecule has 0 spiro atoms. The summed E-state index contributed by atoms with van der Waals surface area (Å²) in [6.45, 7) is 0. The Balaban J connectivity index is 2.99. The van der Waals surface area contributed by atoms with Crippen LogP contribution in [0.4, 0.5) is 26.3 Å². The molecule has 0 aliphatic carbocycles. The highest BCUT2D eigenvalue weighted by Gasteiger charge is 2.36. The highest BCUT2D eigenvalue weighted by molar-refractivity contribution is 5.98. The lowest BCUT2D eigenvalue weighted by molar-refractivity contribution is -0.244. The van der Waals surface area contributed by atoms with Gasteiger partial charge in [-0.2, -0.15) is 26.3 Å². The van der Waals surface area contributed by atoms with Gasteiger partial charge in [0.1, 0.15) is 0 Å². The lowest BCUT2D eigenvalue weighted by Gasteiger charge is -2.14. The van der Waals surface area contributed by atoms with E-state index in [1.165, 1.54) is 0 Å². The average molecular weight is 283 g/mol. The molecule has 0 saturated heterocycles. The first-order valence-electron chi connectivity index (χ1n) is 4.69. The minimum atomic E-state index is -5.19. The van der Waals surface area contributed by atoms with Gasteiger partial charge in [0.2, 0.25) is 0 Å². The highest BCUT2D eigenvalue weighted by Crippen LogP contribution is 2.29. The number of alkyl halides is 6. The maximum absolute atomic E-state index is 12.2. The van der Waals surface area contributed by atoms with Crippen molar-refractivity contribution in [1.82, 2.24) is 0 Å². The first-order valence-corrected chi connectivity index (χ1v) is 4.69. The molecular formula is C11H5F6O2-. The lowest BCUT2D eigenvalue weighted by Crippen LogP contribution is -2.22. The normalized spacial score (nSPS) is 13.5. The van der Waals surface area contributed by atoms with E-state index in [9.17, 15) is 36.2 Å². The van der Waals surface area contributed by atoms with Gasteiger partial charge in [0, 0.05) is 0 Å². The molecule has 1 aromatic rings. The van der Waals surface area contributed by atoms with Gasteiger partial charge in [-0.3, -0.25) is 4.79 Å². The fraction of sp³-hybridized carbons (Fsp3) is 0.182. The second kappa shape index (κ2) is 4.94. The summed E-state index contributed by atoms with van der Waals surface area (Å²) in [7, 11) is 0. The molecule has 0 radical (unpaired) electrons. The molecule has 1 rings (SSSR count). The van der Waals surface area contributed by atoms with Crippen molar-refractivity contribution in [2.24, 2.45) is 0 Å². The van der Waals surface area contributed by atoms with Crippen LogP contribution in [0.1, 0.15) is 11.1 Å². The zero-order valence-electron chi connectivity index (χ0n) is 8.97. The van der Waals surface area contributed by atoms with Gasteiger partial charge in [-0.25, -0.2) is 0 Å². The SMILES string of the molecule is O=C(/C=C(\[O-])c1ccc(C(F)(F)F)cc1)C(F)(F)F. The van der Waals surface area contributed by atoms with Crippen molar-refractivity contribution >= 4 is 11.5 Å². The Bertz CT molecular complexity index is 495. The van der Waals surface area contributed by atoms with Gasteiger partial charge in [-0.15, -0.1) is 0 Å². The predicted octanol–water partition coefficient (Wildman–Crippen LogP) is 2.54. The summed E-state index contributed by atoms with van der Waals surface area (Å²) < 4.78 is 72.2. The van der Waals surface area contributed by atoms with Crippen LogP contribution in [0, 0.1) is 0 Å². The van der Waals surface area contributed by atoms with Gasteiger partial charge in [0.05, 0.1) is 5.56 Å². The summed E-state index contributed by atoms with van der Waals surface area (Å²) in [4.78, 5) is 10.5. The van der Waals surface area contributed by atoms with E-state index in [1.54, 1.807) is 0 Å². The third-order valence-electron chi connectivity index (χ3n) is 2.04. The van der Waals surface area contributed by atoms with Gasteiger partial charge in [-0.1, -0.05) is 17.9 Å². The van der Waals surface area contributed by atoms with Crippen LogP contribution in [0.3, 0.4) is 0 Å². The van der Waals surface area contributed by atoms with Crippen LogP contribution < -0.4 is 5.11 Å². The summed E-state index contributed by atoms with van der Waals surface area (Å²) in [5, 5.41) is 11.2. The van der Waals surface area contributed by atoms with Gasteiger partial charge in [0.15, 0.2) is 0 Å².